The number of carbonyl (C=O) groups excluding carboxylic acids is 2. The summed E-state index contributed by atoms with van der Waals surface area (Å²) < 4.78 is 19.6. The van der Waals surface area contributed by atoms with Crippen LogP contribution in [0.25, 0.3) is 33.4 Å². The SMILES string of the molecule is CN1CN(C)c2c(-c3cccc(C(N)=O)c3)ccc3oc(-c4ccc(F)cc4)c(c23)C1=O. The molecule has 2 N–H and O–H groups in total. The molecule has 3 aromatic carbocycles. The number of rotatable bonds is 3. The summed E-state index contributed by atoms with van der Waals surface area (Å²) in [7, 11) is 3.63. The number of carbonyl (C=O) groups is 2. The van der Waals surface area contributed by atoms with Gasteiger partial charge in [-0.1, -0.05) is 12.1 Å². The molecule has 4 aromatic rings. The van der Waals surface area contributed by atoms with Crippen molar-refractivity contribution in [3.05, 3.63) is 77.6 Å². The highest BCUT2D eigenvalue weighted by Gasteiger charge is 2.32. The molecule has 32 heavy (non-hydrogen) atoms. The predicted octanol–water partition coefficient (Wildman–Crippen LogP) is 4.48. The topological polar surface area (TPSA) is 79.8 Å². The van der Waals surface area contributed by atoms with Crippen LogP contribution in [-0.4, -0.2) is 37.5 Å². The maximum absolute atomic E-state index is 13.5. The van der Waals surface area contributed by atoms with E-state index >= 15 is 0 Å². The third kappa shape index (κ3) is 3.01. The van der Waals surface area contributed by atoms with Crippen molar-refractivity contribution in [2.45, 2.75) is 0 Å². The summed E-state index contributed by atoms with van der Waals surface area (Å²) in [5.41, 5.74) is 9.95. The molecule has 0 unspecified atom stereocenters. The Morgan fingerprint density at radius 1 is 1.00 bits per heavy atom. The van der Waals surface area contributed by atoms with E-state index in [1.54, 1.807) is 42.3 Å². The number of amides is 2. The number of primary amides is 1. The highest BCUT2D eigenvalue weighted by molar-refractivity contribution is 6.18. The zero-order chi connectivity index (χ0) is 22.6. The van der Waals surface area contributed by atoms with Crippen LogP contribution in [0.3, 0.4) is 0 Å². The highest BCUT2D eigenvalue weighted by Crippen LogP contribution is 2.45. The molecule has 160 valence electrons. The van der Waals surface area contributed by atoms with Crippen LogP contribution in [0.2, 0.25) is 0 Å². The number of hydrogen-bond acceptors (Lipinski definition) is 4. The van der Waals surface area contributed by atoms with Crippen LogP contribution >= 0.6 is 0 Å². The van der Waals surface area contributed by atoms with Crippen molar-refractivity contribution in [2.75, 3.05) is 25.7 Å². The molecule has 5 rings (SSSR count). The van der Waals surface area contributed by atoms with Gasteiger partial charge in [-0.2, -0.15) is 0 Å². The van der Waals surface area contributed by atoms with E-state index in [4.69, 9.17) is 10.2 Å². The number of hydrogen-bond donors (Lipinski definition) is 1. The van der Waals surface area contributed by atoms with Crippen LogP contribution in [0.5, 0.6) is 0 Å². The first kappa shape index (κ1) is 19.8. The van der Waals surface area contributed by atoms with Gasteiger partial charge in [0.25, 0.3) is 5.91 Å². The van der Waals surface area contributed by atoms with Gasteiger partial charge in [-0.15, -0.1) is 0 Å². The van der Waals surface area contributed by atoms with Gasteiger partial charge in [0.2, 0.25) is 5.91 Å². The van der Waals surface area contributed by atoms with Gasteiger partial charge >= 0.3 is 0 Å². The molecule has 2 heterocycles. The number of furan rings is 1. The lowest BCUT2D eigenvalue weighted by molar-refractivity contribution is 0.0800. The van der Waals surface area contributed by atoms with Crippen LogP contribution in [0, 0.1) is 5.82 Å². The van der Waals surface area contributed by atoms with Crippen LogP contribution in [0.1, 0.15) is 20.7 Å². The van der Waals surface area contributed by atoms with E-state index in [0.29, 0.717) is 40.1 Å². The molecule has 1 aromatic heterocycles. The molecule has 0 radical (unpaired) electrons. The molecular formula is C25H20FN3O3. The Kier molecular flexibility index (Phi) is 4.48. The van der Waals surface area contributed by atoms with E-state index in [9.17, 15) is 14.0 Å². The van der Waals surface area contributed by atoms with Gasteiger partial charge < -0.3 is 20.0 Å². The van der Waals surface area contributed by atoms with Crippen molar-refractivity contribution in [1.82, 2.24) is 4.90 Å². The summed E-state index contributed by atoms with van der Waals surface area (Å²) in [5, 5.41) is 0.683. The Hall–Kier alpha value is -4.13. The van der Waals surface area contributed by atoms with Crippen LogP contribution in [0.4, 0.5) is 10.1 Å². The van der Waals surface area contributed by atoms with Crippen molar-refractivity contribution < 1.29 is 18.4 Å². The summed E-state index contributed by atoms with van der Waals surface area (Å²) >= 11 is 0. The minimum Gasteiger partial charge on any atom is -0.455 e. The molecule has 0 spiro atoms. The summed E-state index contributed by atoms with van der Waals surface area (Å²) in [6, 6.07) is 16.7. The molecule has 0 bridgehead atoms. The molecule has 0 saturated carbocycles. The molecule has 6 nitrogen and oxygen atoms in total. The summed E-state index contributed by atoms with van der Waals surface area (Å²) in [5.74, 6) is -0.658. The summed E-state index contributed by atoms with van der Waals surface area (Å²) in [6.45, 7) is 0.359. The van der Waals surface area contributed by atoms with E-state index < -0.39 is 5.91 Å². The number of anilines is 1. The van der Waals surface area contributed by atoms with E-state index in [2.05, 4.69) is 0 Å². The Morgan fingerprint density at radius 3 is 2.47 bits per heavy atom. The van der Waals surface area contributed by atoms with Gasteiger partial charge in [0, 0.05) is 30.8 Å². The predicted molar refractivity (Wildman–Crippen MR) is 121 cm³/mol. The molecule has 0 saturated heterocycles. The lowest BCUT2D eigenvalue weighted by Gasteiger charge is -2.25. The lowest BCUT2D eigenvalue weighted by atomic mass is 9.96. The van der Waals surface area contributed by atoms with E-state index in [0.717, 1.165) is 16.8 Å². The summed E-state index contributed by atoms with van der Waals surface area (Å²) in [4.78, 5) is 28.7. The average molecular weight is 429 g/mol. The highest BCUT2D eigenvalue weighted by atomic mass is 19.1. The molecule has 0 atom stereocenters. The third-order valence-corrected chi connectivity index (χ3v) is 5.76. The zero-order valence-corrected chi connectivity index (χ0v) is 17.6. The Bertz CT molecular complexity index is 1390. The van der Waals surface area contributed by atoms with Crippen LogP contribution in [-0.2, 0) is 0 Å². The van der Waals surface area contributed by atoms with Gasteiger partial charge in [-0.25, -0.2) is 4.39 Å². The molecular weight excluding hydrogens is 409 g/mol. The first-order chi connectivity index (χ1) is 15.3. The molecule has 0 aliphatic carbocycles. The molecule has 1 aliphatic rings. The third-order valence-electron chi connectivity index (χ3n) is 5.76. The zero-order valence-electron chi connectivity index (χ0n) is 17.6. The number of nitrogens with zero attached hydrogens (tertiary/aromatic N) is 2. The molecule has 2 amide bonds. The lowest BCUT2D eigenvalue weighted by Crippen LogP contribution is -2.35. The summed E-state index contributed by atoms with van der Waals surface area (Å²) in [6.07, 6.45) is 0. The average Bonchev–Trinajstić information content (AvgIpc) is 3.13. The van der Waals surface area contributed by atoms with Crippen molar-refractivity contribution in [1.29, 1.82) is 0 Å². The standard InChI is InChI=1S/C25H20FN3O3/c1-28-13-29(2)25(31)21-20-19(32-23(21)14-6-8-17(26)9-7-14)11-10-18(22(20)28)15-4-3-5-16(12-15)24(27)30/h3-12H,13H2,1-2H3,(H2,27,30). The number of nitrogens with two attached hydrogens (primary N) is 1. The second-order valence-corrected chi connectivity index (χ2v) is 7.94. The van der Waals surface area contributed by atoms with Gasteiger partial charge in [0.1, 0.15) is 17.2 Å². The van der Waals surface area contributed by atoms with Crippen molar-refractivity contribution in [2.24, 2.45) is 5.73 Å². The first-order valence-electron chi connectivity index (χ1n) is 10.1. The van der Waals surface area contributed by atoms with Crippen LogP contribution < -0.4 is 10.6 Å². The van der Waals surface area contributed by atoms with E-state index in [-0.39, 0.29) is 11.7 Å². The molecule has 7 heteroatoms. The van der Waals surface area contributed by atoms with Crippen LogP contribution in [0.15, 0.2) is 65.1 Å². The first-order valence-corrected chi connectivity index (χ1v) is 10.1. The Morgan fingerprint density at radius 2 is 1.75 bits per heavy atom. The maximum Gasteiger partial charge on any atom is 0.259 e. The minimum atomic E-state index is -0.510. The number of halogens is 1. The molecule has 0 fully saturated rings. The number of benzene rings is 3. The van der Waals surface area contributed by atoms with E-state index in [1.807, 2.05) is 30.1 Å². The molecule has 1 aliphatic heterocycles. The van der Waals surface area contributed by atoms with Gasteiger partial charge in [-0.3, -0.25) is 9.59 Å². The minimum absolute atomic E-state index is 0.184. The van der Waals surface area contributed by atoms with Crippen molar-refractivity contribution in [3.63, 3.8) is 0 Å². The Labute approximate surface area is 183 Å². The quantitative estimate of drug-likeness (QED) is 0.521. The maximum atomic E-state index is 13.5. The smallest absolute Gasteiger partial charge is 0.259 e. The second-order valence-electron chi connectivity index (χ2n) is 7.94. The Balaban J connectivity index is 1.84. The fourth-order valence-corrected chi connectivity index (χ4v) is 4.30. The largest absolute Gasteiger partial charge is 0.455 e. The van der Waals surface area contributed by atoms with Crippen molar-refractivity contribution in [3.8, 4) is 22.5 Å². The van der Waals surface area contributed by atoms with E-state index in [1.165, 1.54) is 12.1 Å². The van der Waals surface area contributed by atoms with Gasteiger partial charge in [-0.05, 0) is 54.1 Å². The second kappa shape index (κ2) is 7.23. The van der Waals surface area contributed by atoms with Gasteiger partial charge in [0.05, 0.1) is 23.3 Å². The monoisotopic (exact) mass is 429 g/mol. The fraction of sp³-hybridized carbons (Fsp3) is 0.120. The fourth-order valence-electron chi connectivity index (χ4n) is 4.30. The normalized spacial score (nSPS) is 13.5. The van der Waals surface area contributed by atoms with Crippen molar-refractivity contribution >= 4 is 28.5 Å². The van der Waals surface area contributed by atoms with Gasteiger partial charge in [0.15, 0.2) is 0 Å².